The normalized spacial score (nSPS) is 40.8. The highest BCUT2D eigenvalue weighted by atomic mass is 16.4. The SMILES string of the molecule is CC(C)[C@H]1C(O)[C@@H](C(N)=O)C(=O)[C@]2(O)C(O)[C@H]3C(=O)c4c(O)ccc(-c5cnccn5)c4[C@@H](C)[C@]3(C)[C@@H](O)[C@]12C. The van der Waals surface area contributed by atoms with Crippen LogP contribution in [-0.2, 0) is 9.59 Å². The molecule has 0 radical (unpaired) electrons. The summed E-state index contributed by atoms with van der Waals surface area (Å²) in [6.45, 7) is 8.15. The highest BCUT2D eigenvalue weighted by Gasteiger charge is 2.80. The molecule has 3 aliphatic carbocycles. The first-order chi connectivity index (χ1) is 18.6. The van der Waals surface area contributed by atoms with Gasteiger partial charge in [0, 0.05) is 28.8 Å². The number of benzene rings is 1. The van der Waals surface area contributed by atoms with Gasteiger partial charge in [0.15, 0.2) is 17.2 Å². The van der Waals surface area contributed by atoms with Crippen molar-refractivity contribution in [1.82, 2.24) is 9.97 Å². The molecule has 0 bridgehead atoms. The molecular weight excluding hydrogens is 518 g/mol. The number of nitrogens with two attached hydrogens (primary N) is 1. The number of nitrogens with zero attached hydrogens (tertiary/aromatic N) is 2. The second-order valence-electron chi connectivity index (χ2n) is 12.3. The number of fused-ring (bicyclic) bond motifs is 3. The monoisotopic (exact) mass is 553 g/mol. The Morgan fingerprint density at radius 3 is 2.30 bits per heavy atom. The molecule has 0 spiro atoms. The summed E-state index contributed by atoms with van der Waals surface area (Å²) in [6, 6.07) is 2.91. The third-order valence-corrected chi connectivity index (χ3v) is 10.4. The zero-order valence-electron chi connectivity index (χ0n) is 22.9. The van der Waals surface area contributed by atoms with Crippen molar-refractivity contribution in [2.24, 2.45) is 40.2 Å². The lowest BCUT2D eigenvalue weighted by Crippen LogP contribution is -2.83. The molecule has 11 nitrogen and oxygen atoms in total. The number of aromatic nitrogens is 2. The van der Waals surface area contributed by atoms with Crippen LogP contribution in [0.4, 0.5) is 0 Å². The van der Waals surface area contributed by atoms with Crippen LogP contribution in [0.5, 0.6) is 5.75 Å². The van der Waals surface area contributed by atoms with Gasteiger partial charge in [-0.2, -0.15) is 0 Å². The van der Waals surface area contributed by atoms with Crippen LogP contribution < -0.4 is 5.73 Å². The molecule has 11 heteroatoms. The Kier molecular flexibility index (Phi) is 6.27. The maximum atomic E-state index is 14.3. The molecule has 40 heavy (non-hydrogen) atoms. The Bertz CT molecular complexity index is 1420. The maximum Gasteiger partial charge on any atom is 0.230 e. The van der Waals surface area contributed by atoms with Gasteiger partial charge in [-0.3, -0.25) is 24.4 Å². The molecule has 2 fully saturated rings. The van der Waals surface area contributed by atoms with E-state index in [1.165, 1.54) is 31.6 Å². The summed E-state index contributed by atoms with van der Waals surface area (Å²) in [4.78, 5) is 48.9. The van der Waals surface area contributed by atoms with Crippen LogP contribution in [0, 0.1) is 34.5 Å². The molecule has 2 saturated carbocycles. The number of carbonyl (C=O) groups excluding carboxylic acids is 3. The Morgan fingerprint density at radius 2 is 1.75 bits per heavy atom. The van der Waals surface area contributed by atoms with Gasteiger partial charge in [0.2, 0.25) is 5.91 Å². The molecule has 1 heterocycles. The third-order valence-electron chi connectivity index (χ3n) is 10.4. The molecule has 2 aromatic rings. The number of carbonyl (C=O) groups is 3. The first-order valence-corrected chi connectivity index (χ1v) is 13.4. The van der Waals surface area contributed by atoms with Gasteiger partial charge < -0.3 is 31.3 Å². The van der Waals surface area contributed by atoms with Crippen LogP contribution in [0.1, 0.15) is 56.5 Å². The molecule has 1 amide bonds. The van der Waals surface area contributed by atoms with Gasteiger partial charge in [-0.25, -0.2) is 0 Å². The van der Waals surface area contributed by atoms with Crippen LogP contribution in [0.25, 0.3) is 11.3 Å². The number of rotatable bonds is 3. The van der Waals surface area contributed by atoms with Crippen LogP contribution in [0.15, 0.2) is 30.7 Å². The summed E-state index contributed by atoms with van der Waals surface area (Å²) < 4.78 is 0. The number of Topliss-reactive ketones (excluding diaryl/α,β-unsaturated/α-hetero) is 2. The van der Waals surface area contributed by atoms with Gasteiger partial charge in [-0.05, 0) is 35.4 Å². The van der Waals surface area contributed by atoms with Crippen LogP contribution in [0.3, 0.4) is 0 Å². The molecule has 0 aliphatic heterocycles. The Hall–Kier alpha value is -3.25. The number of hydrogen-bond donors (Lipinski definition) is 6. The van der Waals surface area contributed by atoms with E-state index >= 15 is 0 Å². The Labute approximate surface area is 231 Å². The first-order valence-electron chi connectivity index (χ1n) is 13.4. The van der Waals surface area contributed by atoms with Crippen molar-refractivity contribution in [3.05, 3.63) is 41.9 Å². The zero-order valence-corrected chi connectivity index (χ0v) is 22.9. The number of aromatic hydroxyl groups is 1. The average Bonchev–Trinajstić information content (AvgIpc) is 2.89. The van der Waals surface area contributed by atoms with Crippen molar-refractivity contribution < 1.29 is 39.9 Å². The number of primary amides is 1. The largest absolute Gasteiger partial charge is 0.507 e. The summed E-state index contributed by atoms with van der Waals surface area (Å²) in [7, 11) is 0. The van der Waals surface area contributed by atoms with E-state index in [2.05, 4.69) is 9.97 Å². The summed E-state index contributed by atoms with van der Waals surface area (Å²) in [5, 5.41) is 58.6. The van der Waals surface area contributed by atoms with Gasteiger partial charge in [-0.15, -0.1) is 0 Å². The minimum absolute atomic E-state index is 0.119. The molecule has 1 aromatic heterocycles. The first kappa shape index (κ1) is 28.3. The van der Waals surface area contributed by atoms with Gasteiger partial charge in [0.1, 0.15) is 17.8 Å². The van der Waals surface area contributed by atoms with Gasteiger partial charge >= 0.3 is 0 Å². The quantitative estimate of drug-likeness (QED) is 0.291. The van der Waals surface area contributed by atoms with E-state index in [4.69, 9.17) is 5.73 Å². The number of aliphatic hydroxyl groups excluding tert-OH is 3. The van der Waals surface area contributed by atoms with E-state index in [1.807, 2.05) is 0 Å². The highest BCUT2D eigenvalue weighted by Crippen LogP contribution is 2.68. The molecule has 7 N–H and O–H groups in total. The van der Waals surface area contributed by atoms with E-state index in [0.29, 0.717) is 16.8 Å². The number of ketones is 2. The number of phenolic OH excluding ortho intramolecular Hbond substituents is 1. The van der Waals surface area contributed by atoms with Crippen molar-refractivity contribution >= 4 is 17.5 Å². The van der Waals surface area contributed by atoms with Crippen molar-refractivity contribution in [1.29, 1.82) is 0 Å². The fourth-order valence-electron chi connectivity index (χ4n) is 8.49. The van der Waals surface area contributed by atoms with Crippen molar-refractivity contribution in [3.8, 4) is 17.0 Å². The number of hydrogen-bond acceptors (Lipinski definition) is 10. The predicted molar refractivity (Wildman–Crippen MR) is 141 cm³/mol. The van der Waals surface area contributed by atoms with Crippen molar-refractivity contribution in [2.75, 3.05) is 0 Å². The van der Waals surface area contributed by atoms with E-state index in [-0.39, 0.29) is 11.3 Å². The van der Waals surface area contributed by atoms with E-state index in [1.54, 1.807) is 33.8 Å². The lowest BCUT2D eigenvalue weighted by molar-refractivity contribution is -0.306. The molecule has 2 unspecified atom stereocenters. The predicted octanol–water partition coefficient (Wildman–Crippen LogP) is 0.562. The van der Waals surface area contributed by atoms with Crippen LogP contribution >= 0.6 is 0 Å². The van der Waals surface area contributed by atoms with Gasteiger partial charge in [0.25, 0.3) is 0 Å². The highest BCUT2D eigenvalue weighted by molar-refractivity contribution is 6.10. The van der Waals surface area contributed by atoms with Gasteiger partial charge in [0.05, 0.1) is 35.6 Å². The smallest absolute Gasteiger partial charge is 0.230 e. The Balaban J connectivity index is 1.82. The molecule has 1 aromatic carbocycles. The van der Waals surface area contributed by atoms with E-state index < -0.39 is 81.8 Å². The number of phenols is 1. The molecule has 214 valence electrons. The third kappa shape index (κ3) is 3.11. The van der Waals surface area contributed by atoms with Crippen molar-refractivity contribution in [3.63, 3.8) is 0 Å². The topological polar surface area (TPSA) is 204 Å². The molecule has 3 aliphatic rings. The maximum absolute atomic E-state index is 14.3. The summed E-state index contributed by atoms with van der Waals surface area (Å²) in [5.74, 6) is -9.33. The minimum atomic E-state index is -2.82. The zero-order chi connectivity index (χ0) is 29.7. The summed E-state index contributed by atoms with van der Waals surface area (Å²) >= 11 is 0. The van der Waals surface area contributed by atoms with Crippen LogP contribution in [0.2, 0.25) is 0 Å². The summed E-state index contributed by atoms with van der Waals surface area (Å²) in [5.41, 5.74) is 0.408. The van der Waals surface area contributed by atoms with E-state index in [9.17, 15) is 39.9 Å². The minimum Gasteiger partial charge on any atom is -0.507 e. The molecule has 10 atom stereocenters. The fourth-order valence-corrected chi connectivity index (χ4v) is 8.49. The average molecular weight is 554 g/mol. The fraction of sp³-hybridized carbons (Fsp3) is 0.552. The molecule has 0 saturated heterocycles. The van der Waals surface area contributed by atoms with Gasteiger partial charge in [-0.1, -0.05) is 34.6 Å². The lowest BCUT2D eigenvalue weighted by Gasteiger charge is -2.69. The van der Waals surface area contributed by atoms with Crippen molar-refractivity contribution in [2.45, 2.75) is 64.4 Å². The van der Waals surface area contributed by atoms with E-state index in [0.717, 1.165) is 0 Å². The second kappa shape index (κ2) is 8.87. The summed E-state index contributed by atoms with van der Waals surface area (Å²) in [6.07, 6.45) is -0.939. The number of aliphatic hydroxyl groups is 4. The van der Waals surface area contributed by atoms with Crippen LogP contribution in [-0.4, -0.2) is 76.9 Å². The second-order valence-corrected chi connectivity index (χ2v) is 12.3. The Morgan fingerprint density at radius 1 is 1.10 bits per heavy atom. The number of amides is 1. The standard InChI is InChI=1S/C29H35N3O8/c1-11(2)19-22(35)18(25(30)38)23(36)29(40)24(37)20-21(34)17-15(33)7-6-13(14-10-31-8-9-32-14)16(17)12(3)27(20,4)26(39)28(19,29)5/h6-12,18-20,22,24,26,33,35,37,39-40H,1-5H3,(H2,30,38)/t12-,18-,19+,20-,22?,24?,26-,27+,28+,29+/m1/s1. The molecule has 5 rings (SSSR count). The molecular formula is C29H35N3O8. The lowest BCUT2D eigenvalue weighted by atomic mass is 9.36.